The van der Waals surface area contributed by atoms with Crippen LogP contribution < -0.4 is 10.2 Å². The zero-order valence-electron chi connectivity index (χ0n) is 9.72. The molecule has 3 N–H and O–H groups in total. The van der Waals surface area contributed by atoms with Crippen molar-refractivity contribution in [1.82, 2.24) is 0 Å². The van der Waals surface area contributed by atoms with E-state index in [2.05, 4.69) is 12.2 Å². The van der Waals surface area contributed by atoms with Crippen LogP contribution in [0.4, 0.5) is 0 Å². The Morgan fingerprint density at radius 2 is 2.07 bits per heavy atom. The maximum absolute atomic E-state index is 5.04. The zero-order chi connectivity index (χ0) is 10.2. The predicted molar refractivity (Wildman–Crippen MR) is 57.5 cm³/mol. The fraction of sp³-hybridized carbons (Fsp3) is 1.00. The lowest BCUT2D eigenvalue weighted by Gasteiger charge is -2.26. The molecule has 1 rings (SSSR count). The second kappa shape index (κ2) is 7.21. The Kier molecular flexibility index (Phi) is 6.15. The average Bonchev–Trinajstić information content (AvgIpc) is 2.25. The van der Waals surface area contributed by atoms with Crippen molar-refractivity contribution in [3.63, 3.8) is 0 Å². The summed E-state index contributed by atoms with van der Waals surface area (Å²) < 4.78 is 5.04. The average molecular weight is 202 g/mol. The highest BCUT2D eigenvalue weighted by Gasteiger charge is 2.22. The van der Waals surface area contributed by atoms with Crippen LogP contribution in [0.2, 0.25) is 0 Å². The summed E-state index contributed by atoms with van der Waals surface area (Å²) in [4.78, 5) is 1.78. The molecule has 3 heteroatoms. The van der Waals surface area contributed by atoms with Crippen LogP contribution >= 0.6 is 0 Å². The molecule has 0 bridgehead atoms. The second-order valence-corrected chi connectivity index (χ2v) is 4.31. The first-order valence-corrected chi connectivity index (χ1v) is 6.02. The molecule has 1 heterocycles. The molecule has 0 aliphatic carbocycles. The normalized spacial score (nSPS) is 27.9. The van der Waals surface area contributed by atoms with Gasteiger partial charge in [-0.15, -0.1) is 0 Å². The van der Waals surface area contributed by atoms with Crippen molar-refractivity contribution in [1.29, 1.82) is 0 Å². The molecule has 1 saturated heterocycles. The number of ether oxygens (including phenoxy) is 1. The molecule has 0 amide bonds. The minimum absolute atomic E-state index is 0.891. The number of piperidine rings is 1. The zero-order valence-corrected chi connectivity index (χ0v) is 9.72. The Morgan fingerprint density at radius 1 is 1.36 bits per heavy atom. The van der Waals surface area contributed by atoms with Gasteiger partial charge in [0.25, 0.3) is 0 Å². The van der Waals surface area contributed by atoms with Gasteiger partial charge in [-0.2, -0.15) is 0 Å². The third-order valence-corrected chi connectivity index (χ3v) is 3.29. The lowest BCUT2D eigenvalue weighted by molar-refractivity contribution is -0.911. The molecule has 1 aliphatic heterocycles. The van der Waals surface area contributed by atoms with E-state index >= 15 is 0 Å². The minimum Gasteiger partial charge on any atom is -0.384 e. The van der Waals surface area contributed by atoms with E-state index in [1.54, 1.807) is 12.0 Å². The molecule has 1 aliphatic rings. The molecule has 0 atom stereocenters. The van der Waals surface area contributed by atoms with Gasteiger partial charge in [0.15, 0.2) is 0 Å². The molecule has 84 valence electrons. The quantitative estimate of drug-likeness (QED) is 0.513. The van der Waals surface area contributed by atoms with Crippen LogP contribution in [0.15, 0.2) is 0 Å². The summed E-state index contributed by atoms with van der Waals surface area (Å²) in [6.07, 6.45) is 3.99. The lowest BCUT2D eigenvalue weighted by Crippen LogP contribution is -3.14. The van der Waals surface area contributed by atoms with Gasteiger partial charge in [0.2, 0.25) is 0 Å². The maximum atomic E-state index is 5.04. The Labute approximate surface area is 87.8 Å². The summed E-state index contributed by atoms with van der Waals surface area (Å²) in [5.41, 5.74) is 0. The summed E-state index contributed by atoms with van der Waals surface area (Å²) in [5.74, 6) is 0. The Balaban J connectivity index is 1.98. The number of nitrogens with one attached hydrogen (secondary N) is 1. The van der Waals surface area contributed by atoms with Crippen molar-refractivity contribution < 1.29 is 15.0 Å². The van der Waals surface area contributed by atoms with E-state index in [1.807, 2.05) is 0 Å². The minimum atomic E-state index is 0.891. The third-order valence-electron chi connectivity index (χ3n) is 3.29. The standard InChI is InChI=1S/C11H24N2O/c1-3-13-8-5-11(6-9-13)12-7-4-10-14-2/h11-12H,3-10H2,1-2H3/p+2. The van der Waals surface area contributed by atoms with E-state index in [0.717, 1.165) is 12.6 Å². The number of nitrogens with two attached hydrogens (primary N) is 1. The fourth-order valence-corrected chi connectivity index (χ4v) is 2.22. The molecule has 3 nitrogen and oxygen atoms in total. The molecular weight excluding hydrogens is 176 g/mol. The Bertz CT molecular complexity index is 133. The number of rotatable bonds is 6. The van der Waals surface area contributed by atoms with Gasteiger partial charge in [-0.05, 0) is 6.92 Å². The molecular formula is C11H26N2O+2. The first-order chi connectivity index (χ1) is 6.86. The highest BCUT2D eigenvalue weighted by atomic mass is 16.5. The Hall–Kier alpha value is -0.120. The molecule has 0 radical (unpaired) electrons. The van der Waals surface area contributed by atoms with Crippen molar-refractivity contribution >= 4 is 0 Å². The van der Waals surface area contributed by atoms with E-state index in [4.69, 9.17) is 4.74 Å². The van der Waals surface area contributed by atoms with E-state index in [-0.39, 0.29) is 0 Å². The van der Waals surface area contributed by atoms with E-state index in [0.29, 0.717) is 0 Å². The highest BCUT2D eigenvalue weighted by Crippen LogP contribution is 1.93. The molecule has 0 saturated carbocycles. The van der Waals surface area contributed by atoms with Crippen molar-refractivity contribution in [2.24, 2.45) is 0 Å². The SMILES string of the molecule is CC[NH+]1CCC([NH2+]CCCOC)CC1. The van der Waals surface area contributed by atoms with E-state index in [9.17, 15) is 0 Å². The van der Waals surface area contributed by atoms with Gasteiger partial charge in [0.05, 0.1) is 38.8 Å². The van der Waals surface area contributed by atoms with Crippen molar-refractivity contribution in [2.45, 2.75) is 32.2 Å². The molecule has 0 aromatic heterocycles. The van der Waals surface area contributed by atoms with Gasteiger partial charge in [0, 0.05) is 26.4 Å². The van der Waals surface area contributed by atoms with Gasteiger partial charge >= 0.3 is 0 Å². The topological polar surface area (TPSA) is 30.3 Å². The molecule has 0 aromatic rings. The summed E-state index contributed by atoms with van der Waals surface area (Å²) in [6.45, 7) is 8.49. The number of hydrogen-bond donors (Lipinski definition) is 2. The monoisotopic (exact) mass is 202 g/mol. The van der Waals surface area contributed by atoms with Crippen LogP contribution in [-0.2, 0) is 4.74 Å². The van der Waals surface area contributed by atoms with Crippen molar-refractivity contribution in [3.8, 4) is 0 Å². The third kappa shape index (κ3) is 4.40. The van der Waals surface area contributed by atoms with Gasteiger partial charge in [-0.3, -0.25) is 0 Å². The number of quaternary nitrogens is 2. The summed E-state index contributed by atoms with van der Waals surface area (Å²) in [7, 11) is 1.78. The Morgan fingerprint density at radius 3 is 2.64 bits per heavy atom. The largest absolute Gasteiger partial charge is 0.384 e. The molecule has 0 spiro atoms. The van der Waals surface area contributed by atoms with Gasteiger partial charge in [-0.1, -0.05) is 0 Å². The van der Waals surface area contributed by atoms with Crippen LogP contribution in [0.3, 0.4) is 0 Å². The van der Waals surface area contributed by atoms with Crippen LogP contribution in [0, 0.1) is 0 Å². The van der Waals surface area contributed by atoms with Crippen LogP contribution in [-0.4, -0.2) is 45.9 Å². The van der Waals surface area contributed by atoms with E-state index in [1.165, 1.54) is 45.4 Å². The molecule has 0 unspecified atom stereocenters. The van der Waals surface area contributed by atoms with Gasteiger partial charge < -0.3 is 15.0 Å². The maximum Gasteiger partial charge on any atom is 0.0967 e. The molecule has 14 heavy (non-hydrogen) atoms. The summed E-state index contributed by atoms with van der Waals surface area (Å²) in [6, 6.07) is 0.891. The van der Waals surface area contributed by atoms with Gasteiger partial charge in [-0.25, -0.2) is 0 Å². The first kappa shape index (κ1) is 12.0. The first-order valence-electron chi connectivity index (χ1n) is 6.02. The summed E-state index contributed by atoms with van der Waals surface area (Å²) in [5, 5.41) is 2.52. The lowest BCUT2D eigenvalue weighted by atomic mass is 10.1. The molecule has 1 fully saturated rings. The smallest absolute Gasteiger partial charge is 0.0967 e. The predicted octanol–water partition coefficient (Wildman–Crippen LogP) is -1.35. The van der Waals surface area contributed by atoms with Gasteiger partial charge in [0.1, 0.15) is 0 Å². The fourth-order valence-electron chi connectivity index (χ4n) is 2.22. The molecule has 0 aromatic carbocycles. The van der Waals surface area contributed by atoms with Crippen LogP contribution in [0.5, 0.6) is 0 Å². The second-order valence-electron chi connectivity index (χ2n) is 4.31. The van der Waals surface area contributed by atoms with Crippen LogP contribution in [0.25, 0.3) is 0 Å². The summed E-state index contributed by atoms with van der Waals surface area (Å²) >= 11 is 0. The number of methoxy groups -OCH3 is 1. The number of likely N-dealkylation sites (tertiary alicyclic amines) is 1. The highest BCUT2D eigenvalue weighted by molar-refractivity contribution is 4.57. The van der Waals surface area contributed by atoms with Crippen molar-refractivity contribution in [2.75, 3.05) is 39.9 Å². The van der Waals surface area contributed by atoms with E-state index < -0.39 is 0 Å². The van der Waals surface area contributed by atoms with Crippen LogP contribution in [0.1, 0.15) is 26.2 Å². The van der Waals surface area contributed by atoms with Crippen molar-refractivity contribution in [3.05, 3.63) is 0 Å². The number of hydrogen-bond acceptors (Lipinski definition) is 1.